The Morgan fingerprint density at radius 3 is 1.34 bits per heavy atom. The molecule has 4 aliphatic rings. The van der Waals surface area contributed by atoms with Gasteiger partial charge in [-0.1, -0.05) is 169 Å². The van der Waals surface area contributed by atoms with Gasteiger partial charge in [0, 0.05) is 88.5 Å². The number of ketones is 5. The van der Waals surface area contributed by atoms with E-state index in [1.807, 2.05) is 141 Å². The zero-order valence-corrected chi connectivity index (χ0v) is 67.7. The fourth-order valence-corrected chi connectivity index (χ4v) is 9.74. The van der Waals surface area contributed by atoms with E-state index < -0.39 is 0 Å². The van der Waals surface area contributed by atoms with Gasteiger partial charge in [0.05, 0.1) is 16.9 Å². The van der Waals surface area contributed by atoms with Crippen LogP contribution in [0.15, 0.2) is 115 Å². The number of nitrogens with zero attached hydrogens (tertiary/aromatic N) is 7. The zero-order chi connectivity index (χ0) is 73.1. The van der Waals surface area contributed by atoms with Crippen LogP contribution in [0.1, 0.15) is 280 Å². The molecule has 4 aromatic rings. The summed E-state index contributed by atoms with van der Waals surface area (Å²) in [6.45, 7) is 66.0. The molecule has 95 heavy (non-hydrogen) atoms. The second-order valence-electron chi connectivity index (χ2n) is 33.3. The van der Waals surface area contributed by atoms with E-state index in [9.17, 15) is 24.0 Å². The third-order valence-corrected chi connectivity index (χ3v) is 15.7. The van der Waals surface area contributed by atoms with Gasteiger partial charge < -0.3 is 14.3 Å². The Labute approximate surface area is 595 Å². The van der Waals surface area contributed by atoms with Crippen molar-refractivity contribution in [2.24, 2.45) is 33.0 Å². The summed E-state index contributed by atoms with van der Waals surface area (Å²) in [6, 6.07) is 3.77. The molecule has 1 unspecified atom stereocenters. The molecule has 0 amide bonds. The van der Waals surface area contributed by atoms with Crippen molar-refractivity contribution in [2.45, 2.75) is 280 Å². The van der Waals surface area contributed by atoms with Crippen molar-refractivity contribution >= 4 is 52.4 Å². The molecular weight excluding hydrogens is 1370 g/mol. The molecule has 1 atom stereocenters. The van der Waals surface area contributed by atoms with E-state index in [2.05, 4.69) is 173 Å². The molecule has 0 fully saturated rings. The summed E-state index contributed by atoms with van der Waals surface area (Å²) in [5.74, 6) is 5.08. The van der Waals surface area contributed by atoms with Crippen molar-refractivity contribution in [3.8, 4) is 12.3 Å². The molecule has 4 heterocycles. The van der Waals surface area contributed by atoms with Crippen LogP contribution in [0.2, 0.25) is 0 Å². The molecule has 0 aliphatic heterocycles. The summed E-state index contributed by atoms with van der Waals surface area (Å²) < 4.78 is 5.91. The Hall–Kier alpha value is -5.99. The fraction of sp³-hybridized carbons (Fsp3) is 0.593. The second kappa shape index (κ2) is 40.0. The standard InChI is InChI=1S/C11H18O.2C10H16O.2C9H14N2.C9H11NS.C9H14O.C7H11N2.C7H12O.Re/c1-11(2,3)10(12)9-7-5-4-6-8-9;1-10(2,3)8-6-4-5-7-9(8)11;1-10(2,3)9(11)8-6-4-5-7-8;1-5-8-10-6-7-11(8)9(2,3)4;1-5-8-6-7-11(10-8)9(2,3)4;1-5-8-10-7(6-11-8)9(2,3)4;1-9(2,3)8(10)7-5-4-6-7;1-7(2,3)9-6-4-5-8-9;1-5-6(8)7(2,3)4;/h7H,4-6,8H2,1-3H3;5,7-8H,4,6H2,1-3H3;6H,4-5,7H2,1-3H3;2*5-7H,1H2,2-4H3;1,6H,2-4H3;5H,4,6H2,1-3H3;4,6H,1-3H3;5H,1H2,2-4H3;/q;;;;;;;-1;;. The summed E-state index contributed by atoms with van der Waals surface area (Å²) in [6.07, 6.45) is 42.4. The van der Waals surface area contributed by atoms with Crippen molar-refractivity contribution in [3.05, 3.63) is 144 Å². The molecule has 0 saturated heterocycles. The minimum Gasteiger partial charge on any atom is -0.363 e. The molecule has 12 nitrogen and oxygen atoms in total. The van der Waals surface area contributed by atoms with Crippen molar-refractivity contribution in [1.82, 2.24) is 34.1 Å². The predicted molar refractivity (Wildman–Crippen MR) is 400 cm³/mol. The molecule has 0 saturated carbocycles. The summed E-state index contributed by atoms with van der Waals surface area (Å²) in [7, 11) is 0. The van der Waals surface area contributed by atoms with Crippen LogP contribution in [0, 0.1) is 51.5 Å². The number of thiazole rings is 1. The maximum atomic E-state index is 11.8. The van der Waals surface area contributed by atoms with Crippen molar-refractivity contribution < 1.29 is 44.4 Å². The van der Waals surface area contributed by atoms with Crippen LogP contribution in [0.4, 0.5) is 0 Å². The number of carbonyl (C=O) groups is 5. The number of terminal acetylenes is 1. The molecule has 0 spiro atoms. The Morgan fingerprint density at radius 1 is 0.611 bits per heavy atom. The van der Waals surface area contributed by atoms with Crippen LogP contribution >= 0.6 is 11.3 Å². The maximum absolute atomic E-state index is 11.8. The Balaban J connectivity index is 0. The van der Waals surface area contributed by atoms with E-state index >= 15 is 0 Å². The van der Waals surface area contributed by atoms with Crippen LogP contribution in [0.3, 0.4) is 0 Å². The Bertz CT molecular complexity index is 3210. The second-order valence-corrected chi connectivity index (χ2v) is 34.2. The Morgan fingerprint density at radius 2 is 1.11 bits per heavy atom. The first-order valence-corrected chi connectivity index (χ1v) is 34.4. The van der Waals surface area contributed by atoms with E-state index in [1.54, 1.807) is 24.4 Å². The number of aromatic nitrogens is 7. The normalized spacial score (nSPS) is 15.3. The van der Waals surface area contributed by atoms with Gasteiger partial charge >= 0.3 is 0 Å². The molecule has 0 bridgehead atoms. The van der Waals surface area contributed by atoms with Crippen LogP contribution in [-0.2, 0) is 66.4 Å². The van der Waals surface area contributed by atoms with E-state index in [0.717, 1.165) is 96.7 Å². The number of allylic oxidation sites excluding steroid dienone is 9. The van der Waals surface area contributed by atoms with Gasteiger partial charge in [-0.05, 0) is 191 Å². The summed E-state index contributed by atoms with van der Waals surface area (Å²) in [5.41, 5.74) is 4.89. The topological polar surface area (TPSA) is 152 Å². The van der Waals surface area contributed by atoms with Crippen molar-refractivity contribution in [3.63, 3.8) is 0 Å². The largest absolute Gasteiger partial charge is 0.363 e. The van der Waals surface area contributed by atoms with Gasteiger partial charge in [0.25, 0.3) is 0 Å². The van der Waals surface area contributed by atoms with Crippen molar-refractivity contribution in [1.29, 1.82) is 0 Å². The van der Waals surface area contributed by atoms with Gasteiger partial charge in [0.15, 0.2) is 33.9 Å². The first-order valence-electron chi connectivity index (χ1n) is 33.6. The van der Waals surface area contributed by atoms with Crippen LogP contribution < -0.4 is 0 Å². The molecular formula is C81H126N7O5ReS-. The molecule has 0 aromatic carbocycles. The quantitative estimate of drug-likeness (QED) is 0.104. The molecule has 14 heteroatoms. The number of carbonyl (C=O) groups excluding carboxylic acids is 5. The van der Waals surface area contributed by atoms with E-state index in [4.69, 9.17) is 6.42 Å². The Kier molecular flexibility index (Phi) is 38.4. The SMILES string of the molecule is C#Cc1nc(C(C)(C)C)cs1.C=CC(=O)C(C)(C)C.C=Cc1ccn(C(C)(C)C)n1.C=Cc1nccn1C(C)(C)C.CC(C)(C)C(=O)C1=CCC1.CC(C)(C)C(=O)C1=CCCC1.CC(C)(C)C(=O)C1=CCCCC1.CC(C)(C)C1CCC=CC1=O.CC(C)(C)n1cc[c-]n1.[Re]. The zero-order valence-electron chi connectivity index (χ0n) is 64.2. The third kappa shape index (κ3) is 35.7. The van der Waals surface area contributed by atoms with Crippen LogP contribution in [-0.4, -0.2) is 63.0 Å². The van der Waals surface area contributed by atoms with Gasteiger partial charge in [-0.25, -0.2) is 9.97 Å². The predicted octanol–water partition coefficient (Wildman–Crippen LogP) is 20.9. The number of hydrogen-bond donors (Lipinski definition) is 0. The number of rotatable bonds is 6. The fourth-order valence-electron chi connectivity index (χ4n) is 8.89. The number of Topliss-reactive ketones (excluding diaryl/α,β-unsaturated/α-hetero) is 3. The molecule has 4 aromatic heterocycles. The average Bonchev–Trinajstić information content (AvgIpc) is 1.84. The first-order chi connectivity index (χ1) is 42.8. The monoisotopic (exact) mass is 1500 g/mol. The van der Waals surface area contributed by atoms with E-state index in [-0.39, 0.29) is 81.2 Å². The molecule has 1 radical (unpaired) electrons. The third-order valence-electron chi connectivity index (χ3n) is 14.9. The van der Waals surface area contributed by atoms with Gasteiger partial charge in [-0.3, -0.25) is 28.7 Å². The van der Waals surface area contributed by atoms with Gasteiger partial charge in [0.2, 0.25) is 0 Å². The van der Waals surface area contributed by atoms with E-state index in [1.165, 1.54) is 30.3 Å². The summed E-state index contributed by atoms with van der Waals surface area (Å²) in [5, 5.41) is 11.1. The summed E-state index contributed by atoms with van der Waals surface area (Å²) in [4.78, 5) is 65.2. The first kappa shape index (κ1) is 91.1. The maximum Gasteiger partial charge on any atom is 0.166 e. The van der Waals surface area contributed by atoms with Gasteiger partial charge in [-0.2, -0.15) is 11.2 Å². The van der Waals surface area contributed by atoms with Crippen molar-refractivity contribution in [2.75, 3.05) is 0 Å². The summed E-state index contributed by atoms with van der Waals surface area (Å²) >= 11 is 1.53. The minimum atomic E-state index is -0.248. The number of hydrogen-bond acceptors (Lipinski definition) is 10. The van der Waals surface area contributed by atoms with E-state index in [0.29, 0.717) is 23.1 Å². The van der Waals surface area contributed by atoms with Gasteiger partial charge in [-0.15, -0.1) is 30.2 Å². The molecule has 0 N–H and O–H groups in total. The van der Waals surface area contributed by atoms with Gasteiger partial charge in [0.1, 0.15) is 5.82 Å². The van der Waals surface area contributed by atoms with Crippen LogP contribution in [0.5, 0.6) is 0 Å². The average molecular weight is 1500 g/mol. The molecule has 529 valence electrons. The molecule has 8 rings (SSSR count). The van der Waals surface area contributed by atoms with Crippen LogP contribution in [0.25, 0.3) is 12.2 Å². The minimum absolute atomic E-state index is 0. The number of imidazole rings is 1. The molecule has 4 aliphatic carbocycles. The smallest absolute Gasteiger partial charge is 0.166 e.